The van der Waals surface area contributed by atoms with Crippen LogP contribution in [0.5, 0.6) is 0 Å². The molecule has 2 rings (SSSR count). The van der Waals surface area contributed by atoms with Crippen molar-refractivity contribution in [1.29, 1.82) is 0 Å². The summed E-state index contributed by atoms with van der Waals surface area (Å²) in [6, 6.07) is 10.5. The fraction of sp³-hybridized carbons (Fsp3) is 0.611. The van der Waals surface area contributed by atoms with E-state index >= 15 is 0 Å². The molecule has 1 aliphatic heterocycles. The van der Waals surface area contributed by atoms with Gasteiger partial charge in [-0.15, -0.1) is 24.8 Å². The number of carbonyl (C=O) groups is 1. The van der Waals surface area contributed by atoms with Gasteiger partial charge >= 0.3 is 0 Å². The van der Waals surface area contributed by atoms with Gasteiger partial charge in [0, 0.05) is 39.3 Å². The van der Waals surface area contributed by atoms with Gasteiger partial charge in [0.05, 0.1) is 5.41 Å². The van der Waals surface area contributed by atoms with Crippen molar-refractivity contribution in [3.63, 3.8) is 0 Å². The molecule has 0 atom stereocenters. The van der Waals surface area contributed by atoms with E-state index in [1.165, 1.54) is 5.56 Å². The Bertz CT molecular complexity index is 464. The molecule has 0 aromatic heterocycles. The molecule has 2 N–H and O–H groups in total. The number of nitrogens with zero attached hydrogens (tertiary/aromatic N) is 2. The summed E-state index contributed by atoms with van der Waals surface area (Å²) >= 11 is 0. The van der Waals surface area contributed by atoms with E-state index in [9.17, 15) is 4.79 Å². The largest absolute Gasteiger partial charge is 0.340 e. The third-order valence-electron chi connectivity index (χ3n) is 5.11. The van der Waals surface area contributed by atoms with Crippen LogP contribution in [0.4, 0.5) is 0 Å². The molecule has 0 aliphatic carbocycles. The smallest absolute Gasteiger partial charge is 0.230 e. The Balaban J connectivity index is 0.00000264. The lowest BCUT2D eigenvalue weighted by Gasteiger charge is -2.40. The molecule has 0 unspecified atom stereocenters. The summed E-state index contributed by atoms with van der Waals surface area (Å²) in [5.74, 6) is 0.249. The zero-order chi connectivity index (χ0) is 16.0. The van der Waals surface area contributed by atoms with Gasteiger partial charge in [-0.3, -0.25) is 9.69 Å². The van der Waals surface area contributed by atoms with Crippen LogP contribution in [-0.2, 0) is 11.3 Å². The fourth-order valence-electron chi connectivity index (χ4n) is 3.21. The van der Waals surface area contributed by atoms with Crippen molar-refractivity contribution in [2.24, 2.45) is 11.1 Å². The number of benzene rings is 1. The molecule has 1 fully saturated rings. The summed E-state index contributed by atoms with van der Waals surface area (Å²) in [5.41, 5.74) is 6.88. The maximum atomic E-state index is 12.8. The van der Waals surface area contributed by atoms with E-state index in [-0.39, 0.29) is 36.1 Å². The van der Waals surface area contributed by atoms with Crippen LogP contribution < -0.4 is 5.73 Å². The number of piperazine rings is 1. The average molecular weight is 376 g/mol. The maximum absolute atomic E-state index is 12.8. The molecule has 1 saturated heterocycles. The molecule has 0 radical (unpaired) electrons. The molecular formula is C18H31Cl2N3O. The number of halogens is 2. The molecule has 24 heavy (non-hydrogen) atoms. The van der Waals surface area contributed by atoms with Gasteiger partial charge in [0.15, 0.2) is 0 Å². The zero-order valence-electron chi connectivity index (χ0n) is 14.7. The molecule has 0 bridgehead atoms. The topological polar surface area (TPSA) is 49.6 Å². The quantitative estimate of drug-likeness (QED) is 0.831. The van der Waals surface area contributed by atoms with E-state index in [1.54, 1.807) is 0 Å². The molecule has 0 spiro atoms. The van der Waals surface area contributed by atoms with E-state index in [0.29, 0.717) is 6.54 Å². The van der Waals surface area contributed by atoms with Crippen molar-refractivity contribution in [2.45, 2.75) is 33.2 Å². The highest BCUT2D eigenvalue weighted by Gasteiger charge is 2.37. The lowest BCUT2D eigenvalue weighted by Crippen LogP contribution is -2.54. The molecule has 1 aromatic rings. The Morgan fingerprint density at radius 2 is 1.58 bits per heavy atom. The predicted octanol–water partition coefficient (Wildman–Crippen LogP) is 2.94. The molecule has 4 nitrogen and oxygen atoms in total. The molecule has 1 heterocycles. The first kappa shape index (κ1) is 23.2. The molecule has 6 heteroatoms. The third kappa shape index (κ3) is 5.35. The molecule has 0 saturated carbocycles. The summed E-state index contributed by atoms with van der Waals surface area (Å²) in [6.07, 6.45) is 1.64. The van der Waals surface area contributed by atoms with E-state index in [0.717, 1.165) is 45.6 Å². The van der Waals surface area contributed by atoms with Gasteiger partial charge in [0.25, 0.3) is 0 Å². The van der Waals surface area contributed by atoms with Gasteiger partial charge in [0.1, 0.15) is 0 Å². The lowest BCUT2D eigenvalue weighted by atomic mass is 9.81. The van der Waals surface area contributed by atoms with Gasteiger partial charge in [-0.1, -0.05) is 44.2 Å². The van der Waals surface area contributed by atoms with Crippen LogP contribution in [0.3, 0.4) is 0 Å². The van der Waals surface area contributed by atoms with Gasteiger partial charge in [0.2, 0.25) is 5.91 Å². The normalized spacial score (nSPS) is 15.4. The van der Waals surface area contributed by atoms with Crippen LogP contribution >= 0.6 is 24.8 Å². The minimum Gasteiger partial charge on any atom is -0.340 e. The van der Waals surface area contributed by atoms with Crippen LogP contribution in [0.1, 0.15) is 32.3 Å². The first-order valence-electron chi connectivity index (χ1n) is 8.41. The van der Waals surface area contributed by atoms with Crippen molar-refractivity contribution < 1.29 is 4.79 Å². The van der Waals surface area contributed by atoms with Gasteiger partial charge in [-0.05, 0) is 18.4 Å². The van der Waals surface area contributed by atoms with E-state index in [2.05, 4.69) is 43.0 Å². The van der Waals surface area contributed by atoms with E-state index in [4.69, 9.17) is 5.73 Å². The monoisotopic (exact) mass is 375 g/mol. The highest BCUT2D eigenvalue weighted by atomic mass is 35.5. The average Bonchev–Trinajstić information content (AvgIpc) is 2.58. The highest BCUT2D eigenvalue weighted by Crippen LogP contribution is 2.28. The van der Waals surface area contributed by atoms with E-state index in [1.807, 2.05) is 11.0 Å². The molecule has 1 aromatic carbocycles. The highest BCUT2D eigenvalue weighted by molar-refractivity contribution is 5.85. The second-order valence-corrected chi connectivity index (χ2v) is 6.25. The standard InChI is InChI=1S/C18H29N3O.2ClH/c1-3-18(4-2,15-19)17(22)21-12-10-20(11-13-21)14-16-8-6-5-7-9-16;;/h5-9H,3-4,10-15,19H2,1-2H3;2*1H. The molecule has 1 aliphatic rings. The van der Waals surface area contributed by atoms with Crippen LogP contribution in [-0.4, -0.2) is 48.4 Å². The number of hydrogen-bond acceptors (Lipinski definition) is 3. The number of hydrogen-bond donors (Lipinski definition) is 1. The Hall–Kier alpha value is -0.810. The fourth-order valence-corrected chi connectivity index (χ4v) is 3.21. The Morgan fingerprint density at radius 3 is 2.04 bits per heavy atom. The summed E-state index contributed by atoms with van der Waals surface area (Å²) < 4.78 is 0. The van der Waals surface area contributed by atoms with Crippen LogP contribution in [0.25, 0.3) is 0 Å². The summed E-state index contributed by atoms with van der Waals surface area (Å²) in [6.45, 7) is 9.06. The van der Waals surface area contributed by atoms with Crippen molar-refractivity contribution in [2.75, 3.05) is 32.7 Å². The third-order valence-corrected chi connectivity index (χ3v) is 5.11. The summed E-state index contributed by atoms with van der Waals surface area (Å²) in [4.78, 5) is 17.2. The van der Waals surface area contributed by atoms with Crippen LogP contribution in [0.2, 0.25) is 0 Å². The van der Waals surface area contributed by atoms with Crippen LogP contribution in [0, 0.1) is 5.41 Å². The second kappa shape index (κ2) is 10.9. The second-order valence-electron chi connectivity index (χ2n) is 6.25. The summed E-state index contributed by atoms with van der Waals surface area (Å²) in [5, 5.41) is 0. The lowest BCUT2D eigenvalue weighted by molar-refractivity contribution is -0.144. The Labute approximate surface area is 158 Å². The first-order valence-corrected chi connectivity index (χ1v) is 8.41. The zero-order valence-corrected chi connectivity index (χ0v) is 16.4. The van der Waals surface area contributed by atoms with Gasteiger partial charge < -0.3 is 10.6 Å². The number of nitrogens with two attached hydrogens (primary N) is 1. The Kier molecular flexibility index (Phi) is 10.6. The SMILES string of the molecule is CCC(CC)(CN)C(=O)N1CCN(Cc2ccccc2)CC1.Cl.Cl. The summed E-state index contributed by atoms with van der Waals surface area (Å²) in [7, 11) is 0. The van der Waals surface area contributed by atoms with Gasteiger partial charge in [-0.2, -0.15) is 0 Å². The van der Waals surface area contributed by atoms with Crippen LogP contribution in [0.15, 0.2) is 30.3 Å². The van der Waals surface area contributed by atoms with Crippen molar-refractivity contribution in [1.82, 2.24) is 9.80 Å². The number of carbonyl (C=O) groups excluding carboxylic acids is 1. The molecular weight excluding hydrogens is 345 g/mol. The minimum absolute atomic E-state index is 0. The Morgan fingerprint density at radius 1 is 1.04 bits per heavy atom. The van der Waals surface area contributed by atoms with E-state index < -0.39 is 0 Å². The molecule has 138 valence electrons. The minimum atomic E-state index is -0.360. The molecule has 1 amide bonds. The predicted molar refractivity (Wildman–Crippen MR) is 105 cm³/mol. The van der Waals surface area contributed by atoms with Crippen molar-refractivity contribution in [3.8, 4) is 0 Å². The number of rotatable bonds is 6. The number of amides is 1. The van der Waals surface area contributed by atoms with Crippen molar-refractivity contribution in [3.05, 3.63) is 35.9 Å². The van der Waals surface area contributed by atoms with Gasteiger partial charge in [-0.25, -0.2) is 0 Å². The maximum Gasteiger partial charge on any atom is 0.230 e. The van der Waals surface area contributed by atoms with Crippen molar-refractivity contribution >= 4 is 30.7 Å². The first-order chi connectivity index (χ1) is 10.6.